The van der Waals surface area contributed by atoms with Gasteiger partial charge < -0.3 is 15.0 Å². The van der Waals surface area contributed by atoms with Crippen LogP contribution in [0.4, 0.5) is 4.79 Å². The molecule has 0 saturated carbocycles. The number of likely N-dealkylation sites (tertiary alicyclic amines) is 1. The molecule has 0 aliphatic carbocycles. The minimum atomic E-state index is -0.366. The SMILES string of the molecule is CC(C)COC(=O)NC1CCN(C(=O)c2ccccc2Br)CC1. The summed E-state index contributed by atoms with van der Waals surface area (Å²) >= 11 is 3.42. The minimum absolute atomic E-state index is 0.0262. The number of rotatable bonds is 4. The fraction of sp³-hybridized carbons (Fsp3) is 0.529. The molecule has 0 bridgehead atoms. The van der Waals surface area contributed by atoms with Crippen molar-refractivity contribution >= 4 is 27.9 Å². The smallest absolute Gasteiger partial charge is 0.407 e. The topological polar surface area (TPSA) is 58.6 Å². The predicted molar refractivity (Wildman–Crippen MR) is 92.4 cm³/mol. The standard InChI is InChI=1S/C17H23BrN2O3/c1-12(2)11-23-17(22)19-13-7-9-20(10-8-13)16(21)14-5-3-4-6-15(14)18/h3-6,12-13H,7-11H2,1-2H3,(H,19,22). The number of carbonyl (C=O) groups is 2. The molecule has 0 spiro atoms. The second-order valence-electron chi connectivity index (χ2n) is 6.18. The summed E-state index contributed by atoms with van der Waals surface area (Å²) < 4.78 is 5.94. The van der Waals surface area contributed by atoms with E-state index >= 15 is 0 Å². The highest BCUT2D eigenvalue weighted by atomic mass is 79.9. The highest BCUT2D eigenvalue weighted by Crippen LogP contribution is 2.20. The van der Waals surface area contributed by atoms with Crippen LogP contribution in [0, 0.1) is 5.92 Å². The number of hydrogen-bond donors (Lipinski definition) is 1. The second kappa shape index (κ2) is 8.34. The largest absolute Gasteiger partial charge is 0.449 e. The van der Waals surface area contributed by atoms with Crippen molar-refractivity contribution in [1.29, 1.82) is 0 Å². The van der Waals surface area contributed by atoms with Gasteiger partial charge in [0.1, 0.15) is 0 Å². The zero-order chi connectivity index (χ0) is 16.8. The summed E-state index contributed by atoms with van der Waals surface area (Å²) in [4.78, 5) is 26.0. The number of benzene rings is 1. The molecule has 1 fully saturated rings. The van der Waals surface area contributed by atoms with Crippen molar-refractivity contribution in [1.82, 2.24) is 10.2 Å². The van der Waals surface area contributed by atoms with Crippen LogP contribution in [0.1, 0.15) is 37.0 Å². The van der Waals surface area contributed by atoms with Crippen LogP contribution in [0.15, 0.2) is 28.7 Å². The van der Waals surface area contributed by atoms with Crippen molar-refractivity contribution in [3.63, 3.8) is 0 Å². The van der Waals surface area contributed by atoms with E-state index in [1.54, 1.807) is 0 Å². The lowest BCUT2D eigenvalue weighted by molar-refractivity contribution is 0.0699. The van der Waals surface area contributed by atoms with Crippen LogP contribution in [0.2, 0.25) is 0 Å². The van der Waals surface area contributed by atoms with E-state index in [0.29, 0.717) is 31.2 Å². The summed E-state index contributed by atoms with van der Waals surface area (Å²) in [5.74, 6) is 0.350. The van der Waals surface area contributed by atoms with Gasteiger partial charge in [0.25, 0.3) is 5.91 Å². The Kier molecular flexibility index (Phi) is 6.45. The number of halogens is 1. The zero-order valence-electron chi connectivity index (χ0n) is 13.5. The van der Waals surface area contributed by atoms with Gasteiger partial charge in [-0.25, -0.2) is 4.79 Å². The molecule has 6 heteroatoms. The quantitative estimate of drug-likeness (QED) is 0.867. The predicted octanol–water partition coefficient (Wildman–Crippen LogP) is 3.44. The summed E-state index contributed by atoms with van der Waals surface area (Å²) in [6.07, 6.45) is 1.12. The number of ether oxygens (including phenoxy) is 1. The Morgan fingerprint density at radius 2 is 1.96 bits per heavy atom. The van der Waals surface area contributed by atoms with Gasteiger partial charge in [-0.05, 0) is 46.8 Å². The fourth-order valence-corrected chi connectivity index (χ4v) is 2.94. The number of carbonyl (C=O) groups excluding carboxylic acids is 2. The van der Waals surface area contributed by atoms with Gasteiger partial charge in [-0.2, -0.15) is 0 Å². The van der Waals surface area contributed by atoms with Gasteiger partial charge in [0, 0.05) is 23.6 Å². The van der Waals surface area contributed by atoms with Crippen molar-refractivity contribution < 1.29 is 14.3 Å². The first-order chi connectivity index (χ1) is 11.0. The third-order valence-corrected chi connectivity index (χ3v) is 4.45. The molecule has 1 aliphatic heterocycles. The maximum absolute atomic E-state index is 12.5. The first kappa shape index (κ1) is 17.8. The van der Waals surface area contributed by atoms with E-state index in [1.165, 1.54) is 0 Å². The van der Waals surface area contributed by atoms with Crippen molar-refractivity contribution in [2.45, 2.75) is 32.7 Å². The molecule has 5 nitrogen and oxygen atoms in total. The fourth-order valence-electron chi connectivity index (χ4n) is 2.48. The summed E-state index contributed by atoms with van der Waals surface area (Å²) in [5, 5.41) is 2.88. The Morgan fingerprint density at radius 3 is 2.57 bits per heavy atom. The van der Waals surface area contributed by atoms with Crippen molar-refractivity contribution in [2.75, 3.05) is 19.7 Å². The van der Waals surface area contributed by atoms with E-state index in [-0.39, 0.29) is 18.0 Å². The first-order valence-corrected chi connectivity index (χ1v) is 8.73. The lowest BCUT2D eigenvalue weighted by Crippen LogP contribution is -2.46. The molecular formula is C17H23BrN2O3. The lowest BCUT2D eigenvalue weighted by atomic mass is 10.0. The Bertz CT molecular complexity index is 555. The van der Waals surface area contributed by atoms with Gasteiger partial charge in [0.2, 0.25) is 0 Å². The summed E-state index contributed by atoms with van der Waals surface area (Å²) in [7, 11) is 0. The van der Waals surface area contributed by atoms with Gasteiger partial charge in [0.05, 0.1) is 12.2 Å². The number of piperidine rings is 1. The average molecular weight is 383 g/mol. The number of nitrogens with zero attached hydrogens (tertiary/aromatic N) is 1. The number of hydrogen-bond acceptors (Lipinski definition) is 3. The minimum Gasteiger partial charge on any atom is -0.449 e. The molecule has 0 unspecified atom stereocenters. The van der Waals surface area contributed by atoms with E-state index in [2.05, 4.69) is 21.2 Å². The van der Waals surface area contributed by atoms with Crippen LogP contribution in [0.5, 0.6) is 0 Å². The third-order valence-electron chi connectivity index (χ3n) is 3.76. The zero-order valence-corrected chi connectivity index (χ0v) is 15.1. The van der Waals surface area contributed by atoms with Crippen LogP contribution >= 0.6 is 15.9 Å². The normalized spacial score (nSPS) is 15.6. The summed E-state index contributed by atoms with van der Waals surface area (Å²) in [6.45, 7) is 5.69. The average Bonchev–Trinajstić information content (AvgIpc) is 2.53. The van der Waals surface area contributed by atoms with E-state index in [9.17, 15) is 9.59 Å². The second-order valence-corrected chi connectivity index (χ2v) is 7.04. The Labute approximate surface area is 145 Å². The van der Waals surface area contributed by atoms with Gasteiger partial charge in [-0.3, -0.25) is 4.79 Å². The van der Waals surface area contributed by atoms with E-state index in [4.69, 9.17) is 4.74 Å². The number of nitrogens with one attached hydrogen (secondary N) is 1. The van der Waals surface area contributed by atoms with Crippen LogP contribution in [0.3, 0.4) is 0 Å². The molecule has 1 aromatic rings. The molecule has 1 saturated heterocycles. The Hall–Kier alpha value is -1.56. The molecule has 23 heavy (non-hydrogen) atoms. The third kappa shape index (κ3) is 5.23. The first-order valence-electron chi connectivity index (χ1n) is 7.94. The highest BCUT2D eigenvalue weighted by Gasteiger charge is 2.25. The van der Waals surface area contributed by atoms with Crippen LogP contribution in [-0.4, -0.2) is 42.6 Å². The molecule has 0 aromatic heterocycles. The Balaban J connectivity index is 1.81. The van der Waals surface area contributed by atoms with Gasteiger partial charge in [-0.1, -0.05) is 26.0 Å². The molecule has 126 valence electrons. The van der Waals surface area contributed by atoms with Crippen LogP contribution < -0.4 is 5.32 Å². The summed E-state index contributed by atoms with van der Waals surface area (Å²) in [5.41, 5.74) is 0.676. The lowest BCUT2D eigenvalue weighted by Gasteiger charge is -2.32. The maximum Gasteiger partial charge on any atom is 0.407 e. The van der Waals surface area contributed by atoms with Gasteiger partial charge in [0.15, 0.2) is 0 Å². The van der Waals surface area contributed by atoms with Gasteiger partial charge in [-0.15, -0.1) is 0 Å². The molecule has 2 rings (SSSR count). The molecule has 1 aromatic carbocycles. The van der Waals surface area contributed by atoms with Crippen molar-refractivity contribution in [3.05, 3.63) is 34.3 Å². The van der Waals surface area contributed by atoms with Crippen LogP contribution in [-0.2, 0) is 4.74 Å². The highest BCUT2D eigenvalue weighted by molar-refractivity contribution is 9.10. The number of alkyl carbamates (subject to hydrolysis) is 1. The molecule has 2 amide bonds. The Morgan fingerprint density at radius 1 is 1.30 bits per heavy atom. The molecule has 0 radical (unpaired) electrons. The van der Waals surface area contributed by atoms with E-state index in [1.807, 2.05) is 43.0 Å². The maximum atomic E-state index is 12.5. The molecule has 1 aliphatic rings. The number of amides is 2. The summed E-state index contributed by atoms with van der Waals surface area (Å²) in [6, 6.07) is 7.50. The molecule has 0 atom stereocenters. The van der Waals surface area contributed by atoms with E-state index < -0.39 is 0 Å². The van der Waals surface area contributed by atoms with Crippen molar-refractivity contribution in [2.24, 2.45) is 5.92 Å². The van der Waals surface area contributed by atoms with E-state index in [0.717, 1.165) is 17.3 Å². The monoisotopic (exact) mass is 382 g/mol. The molecular weight excluding hydrogens is 360 g/mol. The van der Waals surface area contributed by atoms with Gasteiger partial charge >= 0.3 is 6.09 Å². The van der Waals surface area contributed by atoms with Crippen LogP contribution in [0.25, 0.3) is 0 Å². The molecule has 1 heterocycles. The molecule has 1 N–H and O–H groups in total. The van der Waals surface area contributed by atoms with Crippen molar-refractivity contribution in [3.8, 4) is 0 Å².